The van der Waals surface area contributed by atoms with Gasteiger partial charge < -0.3 is 9.64 Å². The van der Waals surface area contributed by atoms with Crippen molar-refractivity contribution in [3.63, 3.8) is 0 Å². The average molecular weight is 416 g/mol. The van der Waals surface area contributed by atoms with Gasteiger partial charge in [-0.25, -0.2) is 9.50 Å². The van der Waals surface area contributed by atoms with Crippen molar-refractivity contribution < 1.29 is 9.53 Å². The van der Waals surface area contributed by atoms with Gasteiger partial charge in [-0.1, -0.05) is 12.1 Å². The highest BCUT2D eigenvalue weighted by atomic mass is 16.5. The Balaban J connectivity index is 1.42. The number of hydrogen-bond acceptors (Lipinski definition) is 5. The highest BCUT2D eigenvalue weighted by molar-refractivity contribution is 5.93. The molecule has 1 aromatic carbocycles. The summed E-state index contributed by atoms with van der Waals surface area (Å²) in [5, 5.41) is 8.89. The van der Waals surface area contributed by atoms with Crippen molar-refractivity contribution >= 4 is 11.6 Å². The third-order valence-corrected chi connectivity index (χ3v) is 5.82. The lowest BCUT2D eigenvalue weighted by atomic mass is 10.1. The van der Waals surface area contributed by atoms with E-state index in [0.717, 1.165) is 34.7 Å². The minimum absolute atomic E-state index is 0.149. The van der Waals surface area contributed by atoms with Gasteiger partial charge in [-0.2, -0.15) is 10.2 Å². The van der Waals surface area contributed by atoms with Gasteiger partial charge >= 0.3 is 0 Å². The van der Waals surface area contributed by atoms with Crippen LogP contribution in [0.4, 0.5) is 0 Å². The third-order valence-electron chi connectivity index (χ3n) is 5.82. The molecular formula is C23H24N6O2. The smallest absolute Gasteiger partial charge is 0.274 e. The van der Waals surface area contributed by atoms with E-state index in [1.54, 1.807) is 34.9 Å². The van der Waals surface area contributed by atoms with Crippen LogP contribution in [0.2, 0.25) is 0 Å². The van der Waals surface area contributed by atoms with E-state index < -0.39 is 0 Å². The number of carbonyl (C=O) groups excluding carboxylic acids is 1. The number of carbonyl (C=O) groups is 1. The van der Waals surface area contributed by atoms with Crippen LogP contribution in [0.25, 0.3) is 16.9 Å². The molecule has 0 aliphatic carbocycles. The molecule has 5 rings (SSSR count). The number of benzene rings is 1. The zero-order valence-corrected chi connectivity index (χ0v) is 18.0. The van der Waals surface area contributed by atoms with Gasteiger partial charge in [0, 0.05) is 50.6 Å². The molecule has 0 spiro atoms. The molecule has 0 saturated heterocycles. The summed E-state index contributed by atoms with van der Waals surface area (Å²) in [5.41, 5.74) is 6.08. The van der Waals surface area contributed by atoms with Crippen LogP contribution in [0.1, 0.15) is 34.2 Å². The molecule has 158 valence electrons. The van der Waals surface area contributed by atoms with Gasteiger partial charge in [0.1, 0.15) is 11.9 Å². The maximum atomic E-state index is 13.1. The summed E-state index contributed by atoms with van der Waals surface area (Å²) in [7, 11) is 3.69. The van der Waals surface area contributed by atoms with Gasteiger partial charge in [-0.05, 0) is 37.1 Å². The fourth-order valence-corrected chi connectivity index (χ4v) is 4.07. The van der Waals surface area contributed by atoms with Crippen LogP contribution in [0.3, 0.4) is 0 Å². The standard InChI is InChI=1S/C23H24N6O2/c1-14-9-17-10-16(5-6-21(17)31-14)13-27(3)23(30)19-11-22-24-8-7-20(29(22)26-19)18-12-25-28(4)15(18)2/h5-8,10-12,14H,9,13H2,1-4H3/t14-/m1/s1. The first-order valence-electron chi connectivity index (χ1n) is 10.3. The zero-order valence-electron chi connectivity index (χ0n) is 18.0. The predicted molar refractivity (Wildman–Crippen MR) is 116 cm³/mol. The molecule has 1 amide bonds. The van der Waals surface area contributed by atoms with E-state index in [0.29, 0.717) is 17.9 Å². The number of aryl methyl sites for hydroxylation is 1. The summed E-state index contributed by atoms with van der Waals surface area (Å²) in [6, 6.07) is 9.73. The lowest BCUT2D eigenvalue weighted by molar-refractivity contribution is 0.0779. The number of fused-ring (bicyclic) bond motifs is 2. The van der Waals surface area contributed by atoms with Crippen LogP contribution in [-0.4, -0.2) is 48.3 Å². The summed E-state index contributed by atoms with van der Waals surface area (Å²) in [6.07, 6.45) is 4.63. The van der Waals surface area contributed by atoms with Gasteiger partial charge in [-0.15, -0.1) is 0 Å². The van der Waals surface area contributed by atoms with E-state index >= 15 is 0 Å². The molecule has 0 bridgehead atoms. The van der Waals surface area contributed by atoms with Crippen molar-refractivity contribution in [2.75, 3.05) is 7.05 Å². The third kappa shape index (κ3) is 3.34. The molecule has 4 aromatic rings. The molecule has 8 heteroatoms. The number of hydrogen-bond donors (Lipinski definition) is 0. The number of rotatable bonds is 4. The van der Waals surface area contributed by atoms with E-state index in [9.17, 15) is 4.79 Å². The van der Waals surface area contributed by atoms with Crippen molar-refractivity contribution in [2.24, 2.45) is 7.05 Å². The SMILES string of the molecule is Cc1c(-c2ccnc3cc(C(=O)N(C)Cc4ccc5c(c4)C[C@@H](C)O5)nn23)cnn1C. The summed E-state index contributed by atoms with van der Waals surface area (Å²) < 4.78 is 9.29. The lowest BCUT2D eigenvalue weighted by Gasteiger charge is -2.16. The van der Waals surface area contributed by atoms with E-state index in [1.807, 2.05) is 36.9 Å². The van der Waals surface area contributed by atoms with E-state index in [-0.39, 0.29) is 12.0 Å². The number of ether oxygens (including phenoxy) is 1. The Kier molecular flexibility index (Phi) is 4.50. The first-order chi connectivity index (χ1) is 14.9. The van der Waals surface area contributed by atoms with E-state index in [1.165, 1.54) is 5.56 Å². The van der Waals surface area contributed by atoms with Gasteiger partial charge in [0.25, 0.3) is 5.91 Å². The molecule has 0 N–H and O–H groups in total. The molecule has 1 atom stereocenters. The summed E-state index contributed by atoms with van der Waals surface area (Å²) in [5.74, 6) is 0.791. The number of aromatic nitrogens is 5. The van der Waals surface area contributed by atoms with Crippen molar-refractivity contribution in [2.45, 2.75) is 32.9 Å². The second-order valence-corrected chi connectivity index (χ2v) is 8.13. The molecule has 31 heavy (non-hydrogen) atoms. The fourth-order valence-electron chi connectivity index (χ4n) is 4.07. The Labute approximate surface area is 180 Å². The molecule has 4 heterocycles. The van der Waals surface area contributed by atoms with E-state index in [4.69, 9.17) is 4.74 Å². The molecule has 1 aliphatic rings. The van der Waals surface area contributed by atoms with Crippen LogP contribution >= 0.6 is 0 Å². The zero-order chi connectivity index (χ0) is 21.7. The van der Waals surface area contributed by atoms with Crippen molar-refractivity contribution in [3.8, 4) is 17.0 Å². The topological polar surface area (TPSA) is 77.6 Å². The lowest BCUT2D eigenvalue weighted by Crippen LogP contribution is -2.26. The van der Waals surface area contributed by atoms with Crippen LogP contribution in [0.5, 0.6) is 5.75 Å². The van der Waals surface area contributed by atoms with Crippen LogP contribution in [0, 0.1) is 6.92 Å². The first-order valence-corrected chi connectivity index (χ1v) is 10.3. The Morgan fingerprint density at radius 1 is 1.29 bits per heavy atom. The minimum Gasteiger partial charge on any atom is -0.490 e. The Morgan fingerprint density at radius 3 is 2.90 bits per heavy atom. The van der Waals surface area contributed by atoms with Crippen molar-refractivity contribution in [1.29, 1.82) is 0 Å². The van der Waals surface area contributed by atoms with Crippen LogP contribution < -0.4 is 4.74 Å². The largest absolute Gasteiger partial charge is 0.490 e. The molecule has 0 fully saturated rings. The molecular weight excluding hydrogens is 392 g/mol. The number of nitrogens with zero attached hydrogens (tertiary/aromatic N) is 6. The van der Waals surface area contributed by atoms with Crippen LogP contribution in [0.15, 0.2) is 42.7 Å². The Morgan fingerprint density at radius 2 is 2.13 bits per heavy atom. The molecule has 3 aromatic heterocycles. The summed E-state index contributed by atoms with van der Waals surface area (Å²) in [4.78, 5) is 19.2. The first kappa shape index (κ1) is 19.3. The highest BCUT2D eigenvalue weighted by Gasteiger charge is 2.21. The minimum atomic E-state index is -0.149. The van der Waals surface area contributed by atoms with Gasteiger partial charge in [0.15, 0.2) is 11.3 Å². The maximum Gasteiger partial charge on any atom is 0.274 e. The second-order valence-electron chi connectivity index (χ2n) is 8.13. The monoisotopic (exact) mass is 416 g/mol. The summed E-state index contributed by atoms with van der Waals surface area (Å²) in [6.45, 7) is 4.56. The quantitative estimate of drug-likeness (QED) is 0.511. The highest BCUT2D eigenvalue weighted by Crippen LogP contribution is 2.30. The molecule has 0 radical (unpaired) electrons. The molecule has 0 unspecified atom stereocenters. The number of amides is 1. The Hall–Kier alpha value is -3.68. The predicted octanol–water partition coefficient (Wildman–Crippen LogP) is 3.03. The molecule has 8 nitrogen and oxygen atoms in total. The van der Waals surface area contributed by atoms with E-state index in [2.05, 4.69) is 28.2 Å². The van der Waals surface area contributed by atoms with Crippen molar-refractivity contribution in [3.05, 3.63) is 65.2 Å². The van der Waals surface area contributed by atoms with Gasteiger partial charge in [0.2, 0.25) is 0 Å². The summed E-state index contributed by atoms with van der Waals surface area (Å²) >= 11 is 0. The van der Waals surface area contributed by atoms with Crippen LogP contribution in [-0.2, 0) is 20.0 Å². The van der Waals surface area contributed by atoms with Crippen molar-refractivity contribution in [1.82, 2.24) is 29.3 Å². The fraction of sp³-hybridized carbons (Fsp3) is 0.304. The van der Waals surface area contributed by atoms with Gasteiger partial charge in [0.05, 0.1) is 11.9 Å². The molecule has 0 saturated carbocycles. The maximum absolute atomic E-state index is 13.1. The van der Waals surface area contributed by atoms with Gasteiger partial charge in [-0.3, -0.25) is 9.48 Å². The Bertz CT molecular complexity index is 1300. The normalized spacial score (nSPS) is 15.2. The second kappa shape index (κ2) is 7.23. The average Bonchev–Trinajstić information content (AvgIpc) is 3.43. The molecule has 1 aliphatic heterocycles.